The summed E-state index contributed by atoms with van der Waals surface area (Å²) in [5.41, 5.74) is 0. The molecule has 3 nitrogen and oxygen atoms in total. The number of phenolic OH excluding ortho intramolecular Hbond substituents is 1. The largest absolute Gasteiger partial charge is 0.505 e. The summed E-state index contributed by atoms with van der Waals surface area (Å²) in [7, 11) is -3.43. The zero-order valence-corrected chi connectivity index (χ0v) is 13.9. The first-order valence-electron chi connectivity index (χ1n) is 3.21. The second-order valence-corrected chi connectivity index (χ2v) is 5.70. The molecule has 0 saturated carbocycles. The Bertz CT molecular complexity index is 446. The van der Waals surface area contributed by atoms with Gasteiger partial charge < -0.3 is 5.11 Å². The molecule has 73 valence electrons. The molecule has 14 heavy (non-hydrogen) atoms. The van der Waals surface area contributed by atoms with Crippen molar-refractivity contribution in [1.82, 2.24) is 0 Å². The molecule has 0 fully saturated rings. The van der Waals surface area contributed by atoms with Gasteiger partial charge in [0.2, 0.25) is 0 Å². The molecule has 1 rings (SSSR count). The van der Waals surface area contributed by atoms with Gasteiger partial charge in [0.15, 0.2) is 15.6 Å². The zero-order valence-electron chi connectivity index (χ0n) is 7.58. The van der Waals surface area contributed by atoms with Crippen LogP contribution in [0.25, 0.3) is 0 Å². The summed E-state index contributed by atoms with van der Waals surface area (Å²) in [5, 5.41) is 9.38. The molecule has 0 atom stereocenters. The van der Waals surface area contributed by atoms with Gasteiger partial charge in [-0.05, 0) is 28.1 Å². The molecule has 0 aliphatic carbocycles. The quantitative estimate of drug-likeness (QED) is 0.802. The topological polar surface area (TPSA) is 54.4 Å². The number of hydrogen-bond acceptors (Lipinski definition) is 3. The van der Waals surface area contributed by atoms with Crippen molar-refractivity contribution in [3.05, 3.63) is 21.6 Å². The SMILES string of the molecule is CS(=O)(=O)c1ccc(Br)c(Cl)c1O.[K]. The molecule has 0 aliphatic heterocycles. The van der Waals surface area contributed by atoms with Gasteiger partial charge in [-0.1, -0.05) is 11.6 Å². The van der Waals surface area contributed by atoms with Crippen LogP contribution in [0.5, 0.6) is 5.75 Å². The molecule has 0 amide bonds. The summed E-state index contributed by atoms with van der Waals surface area (Å²) >= 11 is 8.69. The fourth-order valence-electron chi connectivity index (χ4n) is 0.821. The zero-order chi connectivity index (χ0) is 10.2. The molecule has 0 spiro atoms. The van der Waals surface area contributed by atoms with Crippen molar-refractivity contribution in [2.75, 3.05) is 6.26 Å². The molecule has 1 aromatic rings. The van der Waals surface area contributed by atoms with Gasteiger partial charge in [0, 0.05) is 62.1 Å². The Balaban J connectivity index is 0.00000169. The third-order valence-electron chi connectivity index (χ3n) is 1.43. The van der Waals surface area contributed by atoms with E-state index in [4.69, 9.17) is 11.6 Å². The summed E-state index contributed by atoms with van der Waals surface area (Å²) < 4.78 is 22.6. The molecule has 0 bridgehead atoms. The van der Waals surface area contributed by atoms with Gasteiger partial charge in [0.05, 0.1) is 5.02 Å². The predicted octanol–water partition coefficient (Wildman–Crippen LogP) is 1.83. The van der Waals surface area contributed by atoms with E-state index in [1.54, 1.807) is 0 Å². The molecule has 7 heteroatoms. The Morgan fingerprint density at radius 1 is 1.43 bits per heavy atom. The van der Waals surface area contributed by atoms with Crippen molar-refractivity contribution >= 4 is 88.8 Å². The summed E-state index contributed by atoms with van der Waals surface area (Å²) in [6, 6.07) is 2.76. The van der Waals surface area contributed by atoms with Crippen molar-refractivity contribution in [2.45, 2.75) is 4.90 Å². The second kappa shape index (κ2) is 5.63. The van der Waals surface area contributed by atoms with Crippen LogP contribution in [-0.2, 0) is 9.84 Å². The first-order valence-corrected chi connectivity index (χ1v) is 6.27. The van der Waals surface area contributed by atoms with Crippen molar-refractivity contribution in [2.24, 2.45) is 0 Å². The van der Waals surface area contributed by atoms with Crippen LogP contribution >= 0.6 is 27.5 Å². The standard InChI is InChI=1S/C7H6BrClO3S.K/c1-13(11,12)5-3-2-4(8)6(9)7(5)10;/h2-3,10H,1H3;. The fraction of sp³-hybridized carbons (Fsp3) is 0.143. The van der Waals surface area contributed by atoms with Gasteiger partial charge in [0.25, 0.3) is 0 Å². The van der Waals surface area contributed by atoms with Crippen LogP contribution in [0.4, 0.5) is 0 Å². The Morgan fingerprint density at radius 3 is 2.36 bits per heavy atom. The number of phenols is 1. The summed E-state index contributed by atoms with van der Waals surface area (Å²) in [4.78, 5) is -0.166. The molecule has 0 saturated heterocycles. The maximum atomic E-state index is 11.1. The smallest absolute Gasteiger partial charge is 0.179 e. The van der Waals surface area contributed by atoms with Gasteiger partial charge in [-0.2, -0.15) is 0 Å². The normalized spacial score (nSPS) is 10.8. The van der Waals surface area contributed by atoms with Gasteiger partial charge in [-0.15, -0.1) is 0 Å². The molecule has 0 aliphatic rings. The minimum atomic E-state index is -3.43. The van der Waals surface area contributed by atoms with E-state index in [2.05, 4.69) is 15.9 Å². The van der Waals surface area contributed by atoms with Crippen LogP contribution in [0.3, 0.4) is 0 Å². The van der Waals surface area contributed by atoms with Gasteiger partial charge >= 0.3 is 0 Å². The van der Waals surface area contributed by atoms with E-state index in [9.17, 15) is 13.5 Å². The number of aromatic hydroxyl groups is 1. The van der Waals surface area contributed by atoms with Gasteiger partial charge in [-0.25, -0.2) is 8.42 Å². The van der Waals surface area contributed by atoms with Crippen LogP contribution in [0.15, 0.2) is 21.5 Å². The number of hydrogen-bond donors (Lipinski definition) is 1. The number of benzene rings is 1. The molecular formula is C7H6BrClKO3S. The average Bonchev–Trinajstić information content (AvgIpc) is 1.98. The molecule has 0 heterocycles. The molecular weight excluding hydrogens is 319 g/mol. The van der Waals surface area contributed by atoms with E-state index >= 15 is 0 Å². The fourth-order valence-corrected chi connectivity index (χ4v) is 2.13. The minimum Gasteiger partial charge on any atom is -0.505 e. The van der Waals surface area contributed by atoms with E-state index in [-0.39, 0.29) is 61.3 Å². The Hall–Kier alpha value is 1.38. The molecule has 0 unspecified atom stereocenters. The third kappa shape index (κ3) is 3.45. The van der Waals surface area contributed by atoms with Crippen LogP contribution < -0.4 is 0 Å². The molecule has 1 radical (unpaired) electrons. The average molecular weight is 325 g/mol. The summed E-state index contributed by atoms with van der Waals surface area (Å²) in [6.45, 7) is 0. The van der Waals surface area contributed by atoms with Crippen LogP contribution in [0.2, 0.25) is 5.02 Å². The van der Waals surface area contributed by atoms with E-state index in [1.807, 2.05) is 0 Å². The Morgan fingerprint density at radius 2 is 1.93 bits per heavy atom. The maximum Gasteiger partial charge on any atom is 0.179 e. The van der Waals surface area contributed by atoms with Crippen LogP contribution in [0, 0.1) is 0 Å². The number of halogens is 2. The van der Waals surface area contributed by atoms with E-state index in [1.165, 1.54) is 12.1 Å². The summed E-state index contributed by atoms with van der Waals surface area (Å²) in [6.07, 6.45) is 1.01. The van der Waals surface area contributed by atoms with E-state index < -0.39 is 15.6 Å². The minimum absolute atomic E-state index is 0. The predicted molar refractivity (Wildman–Crippen MR) is 59.7 cm³/mol. The molecule has 1 N–H and O–H groups in total. The van der Waals surface area contributed by atoms with Crippen LogP contribution in [-0.4, -0.2) is 71.2 Å². The molecule has 1 aromatic carbocycles. The van der Waals surface area contributed by atoms with Crippen LogP contribution in [0.1, 0.15) is 0 Å². The van der Waals surface area contributed by atoms with Gasteiger partial charge in [0.1, 0.15) is 4.90 Å². The van der Waals surface area contributed by atoms with Crippen molar-refractivity contribution in [1.29, 1.82) is 0 Å². The summed E-state index contributed by atoms with van der Waals surface area (Å²) in [5.74, 6) is -0.418. The monoisotopic (exact) mass is 323 g/mol. The van der Waals surface area contributed by atoms with Gasteiger partial charge in [-0.3, -0.25) is 0 Å². The first kappa shape index (κ1) is 15.4. The number of rotatable bonds is 1. The first-order chi connectivity index (χ1) is 5.84. The van der Waals surface area contributed by atoms with Crippen molar-refractivity contribution in [3.63, 3.8) is 0 Å². The Kier molecular flexibility index (Phi) is 6.18. The van der Waals surface area contributed by atoms with E-state index in [0.29, 0.717) is 4.47 Å². The van der Waals surface area contributed by atoms with E-state index in [0.717, 1.165) is 6.26 Å². The molecule has 0 aromatic heterocycles. The maximum absolute atomic E-state index is 11.1. The number of sulfone groups is 1. The third-order valence-corrected chi connectivity index (χ3v) is 3.83. The Labute approximate surface area is 138 Å². The van der Waals surface area contributed by atoms with Crippen molar-refractivity contribution < 1.29 is 13.5 Å². The second-order valence-electron chi connectivity index (χ2n) is 2.48. The van der Waals surface area contributed by atoms with Crippen molar-refractivity contribution in [3.8, 4) is 5.75 Å².